The fourth-order valence-electron chi connectivity index (χ4n) is 1.84. The molecule has 124 valence electrons. The Morgan fingerprint density at radius 2 is 1.87 bits per heavy atom. The van der Waals surface area contributed by atoms with Gasteiger partial charge in [-0.3, -0.25) is 9.59 Å². The molecule has 1 aromatic rings. The third-order valence-electron chi connectivity index (χ3n) is 3.07. The molecule has 2 amide bonds. The molecule has 0 aliphatic carbocycles. The maximum absolute atomic E-state index is 12.5. The zero-order valence-electron chi connectivity index (χ0n) is 12.1. The van der Waals surface area contributed by atoms with E-state index in [0.717, 1.165) is 6.20 Å². The summed E-state index contributed by atoms with van der Waals surface area (Å²) < 4.78 is 42.1. The van der Waals surface area contributed by atoms with E-state index in [1.54, 1.807) is 24.3 Å². The molecule has 0 spiro atoms. The fraction of sp³-hybridized carbons (Fsp3) is 0.286. The lowest BCUT2D eigenvalue weighted by atomic mass is 10.2. The lowest BCUT2D eigenvalue weighted by Crippen LogP contribution is -2.37. The number of carbonyl (C=O) groups excluding carboxylic acids is 2. The molecule has 6 nitrogen and oxygen atoms in total. The molecule has 0 aromatic heterocycles. The first-order chi connectivity index (χ1) is 10.8. The van der Waals surface area contributed by atoms with Crippen molar-refractivity contribution in [3.63, 3.8) is 0 Å². The van der Waals surface area contributed by atoms with Gasteiger partial charge in [0.15, 0.2) is 6.73 Å². The van der Waals surface area contributed by atoms with Crippen molar-refractivity contribution >= 4 is 17.5 Å². The molecule has 0 radical (unpaired) electrons. The maximum Gasteiger partial charge on any atom is 0.450 e. The van der Waals surface area contributed by atoms with Gasteiger partial charge in [0, 0.05) is 19.3 Å². The third-order valence-corrected chi connectivity index (χ3v) is 3.07. The third kappa shape index (κ3) is 4.15. The van der Waals surface area contributed by atoms with Crippen LogP contribution in [0.5, 0.6) is 0 Å². The standard InChI is InChI=1S/C14H14F3N3O3/c1-18-12(21)13(22)19-6-9-2-4-10(5-3-9)20-7-11(23-8-20)14(15,16)17/h2-5,7H,6,8H2,1H3,(H,18,21)(H,19,22). The molecule has 1 aliphatic rings. The van der Waals surface area contributed by atoms with Gasteiger partial charge in [0.25, 0.3) is 0 Å². The first-order valence-corrected chi connectivity index (χ1v) is 6.58. The van der Waals surface area contributed by atoms with E-state index in [1.165, 1.54) is 11.9 Å². The Hall–Kier alpha value is -2.71. The van der Waals surface area contributed by atoms with Gasteiger partial charge in [-0.2, -0.15) is 13.2 Å². The number of nitrogens with one attached hydrogen (secondary N) is 2. The Morgan fingerprint density at radius 1 is 1.22 bits per heavy atom. The number of rotatable bonds is 3. The lowest BCUT2D eigenvalue weighted by Gasteiger charge is -2.14. The number of allylic oxidation sites excluding steroid dienone is 1. The van der Waals surface area contributed by atoms with Crippen LogP contribution in [0.15, 0.2) is 36.2 Å². The van der Waals surface area contributed by atoms with Gasteiger partial charge in [-0.05, 0) is 17.7 Å². The van der Waals surface area contributed by atoms with E-state index >= 15 is 0 Å². The largest absolute Gasteiger partial charge is 0.466 e. The molecular formula is C14H14F3N3O3. The molecule has 1 aliphatic heterocycles. The number of carbonyl (C=O) groups is 2. The normalized spacial score (nSPS) is 14.1. The predicted octanol–water partition coefficient (Wildman–Crippen LogP) is 1.25. The highest BCUT2D eigenvalue weighted by Gasteiger charge is 2.39. The number of nitrogens with zero attached hydrogens (tertiary/aromatic N) is 1. The van der Waals surface area contributed by atoms with E-state index in [0.29, 0.717) is 11.3 Å². The van der Waals surface area contributed by atoms with E-state index < -0.39 is 23.7 Å². The smallest absolute Gasteiger partial charge is 0.450 e. The quantitative estimate of drug-likeness (QED) is 0.819. The molecule has 0 bridgehead atoms. The van der Waals surface area contributed by atoms with Gasteiger partial charge >= 0.3 is 18.0 Å². The first kappa shape index (κ1) is 16.7. The number of halogens is 3. The summed E-state index contributed by atoms with van der Waals surface area (Å²) >= 11 is 0. The molecule has 1 heterocycles. The molecule has 0 atom stereocenters. The van der Waals surface area contributed by atoms with E-state index in [9.17, 15) is 22.8 Å². The summed E-state index contributed by atoms with van der Waals surface area (Å²) in [4.78, 5) is 23.6. The molecule has 1 aromatic carbocycles. The van der Waals surface area contributed by atoms with Crippen LogP contribution in [0.25, 0.3) is 0 Å². The number of likely N-dealkylation sites (N-methyl/N-ethyl adjacent to an activating group) is 1. The van der Waals surface area contributed by atoms with Crippen LogP contribution < -0.4 is 15.5 Å². The van der Waals surface area contributed by atoms with Crippen LogP contribution >= 0.6 is 0 Å². The maximum atomic E-state index is 12.5. The predicted molar refractivity (Wildman–Crippen MR) is 74.9 cm³/mol. The number of hydrogen-bond donors (Lipinski definition) is 2. The summed E-state index contributed by atoms with van der Waals surface area (Å²) in [5, 5.41) is 4.61. The van der Waals surface area contributed by atoms with Crippen LogP contribution in [0.3, 0.4) is 0 Å². The van der Waals surface area contributed by atoms with Crippen molar-refractivity contribution in [3.05, 3.63) is 41.8 Å². The average Bonchev–Trinajstić information content (AvgIpc) is 3.02. The van der Waals surface area contributed by atoms with Gasteiger partial charge in [0.1, 0.15) is 0 Å². The van der Waals surface area contributed by atoms with Crippen LogP contribution in [-0.2, 0) is 20.9 Å². The Bertz CT molecular complexity index is 626. The molecular weight excluding hydrogens is 315 g/mol. The monoisotopic (exact) mass is 329 g/mol. The summed E-state index contributed by atoms with van der Waals surface area (Å²) in [6.45, 7) is -0.0890. The highest BCUT2D eigenvalue weighted by molar-refractivity contribution is 6.34. The minimum atomic E-state index is -4.52. The Morgan fingerprint density at radius 3 is 2.39 bits per heavy atom. The van der Waals surface area contributed by atoms with Crippen LogP contribution in [0, 0.1) is 0 Å². The second kappa shape index (κ2) is 6.59. The number of anilines is 1. The summed E-state index contributed by atoms with van der Waals surface area (Å²) in [7, 11) is 1.34. The van der Waals surface area contributed by atoms with Crippen LogP contribution in [0.1, 0.15) is 5.56 Å². The van der Waals surface area contributed by atoms with E-state index in [4.69, 9.17) is 0 Å². The Kier molecular flexibility index (Phi) is 4.77. The molecule has 2 N–H and O–H groups in total. The second-order valence-corrected chi connectivity index (χ2v) is 4.66. The molecule has 2 rings (SSSR count). The summed E-state index contributed by atoms with van der Waals surface area (Å²) in [5.74, 6) is -2.55. The average molecular weight is 329 g/mol. The zero-order valence-corrected chi connectivity index (χ0v) is 12.1. The molecule has 0 saturated heterocycles. The van der Waals surface area contributed by atoms with Crippen molar-refractivity contribution in [1.29, 1.82) is 0 Å². The summed E-state index contributed by atoms with van der Waals surface area (Å²) in [6, 6.07) is 6.47. The number of alkyl halides is 3. The first-order valence-electron chi connectivity index (χ1n) is 6.58. The van der Waals surface area contributed by atoms with Crippen molar-refractivity contribution in [2.24, 2.45) is 0 Å². The van der Waals surface area contributed by atoms with Gasteiger partial charge in [0.2, 0.25) is 5.76 Å². The topological polar surface area (TPSA) is 70.7 Å². The highest BCUT2D eigenvalue weighted by atomic mass is 19.4. The van der Waals surface area contributed by atoms with E-state index in [-0.39, 0.29) is 13.3 Å². The van der Waals surface area contributed by atoms with Gasteiger partial charge < -0.3 is 20.3 Å². The van der Waals surface area contributed by atoms with Crippen molar-refractivity contribution in [2.75, 3.05) is 18.7 Å². The Balaban J connectivity index is 1.97. The van der Waals surface area contributed by atoms with Crippen molar-refractivity contribution in [1.82, 2.24) is 10.6 Å². The number of ether oxygens (including phenoxy) is 1. The molecule has 0 saturated carbocycles. The highest BCUT2D eigenvalue weighted by Crippen LogP contribution is 2.32. The Labute approximate surface area is 129 Å². The van der Waals surface area contributed by atoms with Gasteiger partial charge in [0.05, 0.1) is 6.20 Å². The van der Waals surface area contributed by atoms with Crippen molar-refractivity contribution in [3.8, 4) is 0 Å². The lowest BCUT2D eigenvalue weighted by molar-refractivity contribution is -0.139. The zero-order chi connectivity index (χ0) is 17.0. The van der Waals surface area contributed by atoms with Crippen molar-refractivity contribution < 1.29 is 27.5 Å². The van der Waals surface area contributed by atoms with E-state index in [1.807, 2.05) is 0 Å². The van der Waals surface area contributed by atoms with Crippen LogP contribution in [0.2, 0.25) is 0 Å². The fourth-order valence-corrected chi connectivity index (χ4v) is 1.84. The van der Waals surface area contributed by atoms with Gasteiger partial charge in [-0.15, -0.1) is 0 Å². The summed E-state index contributed by atoms with van der Waals surface area (Å²) in [6.07, 6.45) is -3.62. The molecule has 0 unspecified atom stereocenters. The van der Waals surface area contributed by atoms with Gasteiger partial charge in [-0.1, -0.05) is 12.1 Å². The van der Waals surface area contributed by atoms with Crippen molar-refractivity contribution in [2.45, 2.75) is 12.7 Å². The molecule has 9 heteroatoms. The van der Waals surface area contributed by atoms with Crippen LogP contribution in [-0.4, -0.2) is 31.8 Å². The number of amides is 2. The van der Waals surface area contributed by atoms with E-state index in [2.05, 4.69) is 15.4 Å². The number of benzene rings is 1. The molecule has 23 heavy (non-hydrogen) atoms. The van der Waals surface area contributed by atoms with Crippen LogP contribution in [0.4, 0.5) is 18.9 Å². The minimum absolute atomic E-state index is 0.132. The number of hydrogen-bond acceptors (Lipinski definition) is 4. The summed E-state index contributed by atoms with van der Waals surface area (Å²) in [5.41, 5.74) is 1.22. The molecule has 0 fully saturated rings. The van der Waals surface area contributed by atoms with Gasteiger partial charge in [-0.25, -0.2) is 0 Å². The second-order valence-electron chi connectivity index (χ2n) is 4.66. The SMILES string of the molecule is CNC(=O)C(=O)NCc1ccc(N2C=C(C(F)(F)F)OC2)cc1. The minimum Gasteiger partial charge on any atom is -0.466 e.